The smallest absolute Gasteiger partial charge is 0.313 e. The Morgan fingerprint density at radius 1 is 1.32 bits per heavy atom. The van der Waals surface area contributed by atoms with E-state index in [1.54, 1.807) is 6.07 Å². The van der Waals surface area contributed by atoms with Crippen molar-refractivity contribution in [1.29, 1.82) is 0 Å². The van der Waals surface area contributed by atoms with Gasteiger partial charge in [-0.25, -0.2) is 0 Å². The maximum Gasteiger partial charge on any atom is 0.313 e. The molecule has 25 heavy (non-hydrogen) atoms. The summed E-state index contributed by atoms with van der Waals surface area (Å²) in [7, 11) is 0. The summed E-state index contributed by atoms with van der Waals surface area (Å²) < 4.78 is 2.13. The van der Waals surface area contributed by atoms with Crippen LogP contribution in [0.1, 0.15) is 26.7 Å². The molecule has 2 amide bonds. The number of β-amino-alcohol motifs (C(OH)–C–C–N with tert-alkyl or cyclic N) is 1. The molecule has 1 aromatic heterocycles. The van der Waals surface area contributed by atoms with Crippen molar-refractivity contribution in [3.05, 3.63) is 30.5 Å². The second kappa shape index (κ2) is 7.27. The summed E-state index contributed by atoms with van der Waals surface area (Å²) in [6, 6.07) is 7.67. The molecular formula is C19H25N3O3. The van der Waals surface area contributed by atoms with Crippen molar-refractivity contribution in [1.82, 2.24) is 9.47 Å². The summed E-state index contributed by atoms with van der Waals surface area (Å²) in [5.74, 6) is -1.09. The number of aromatic nitrogens is 1. The third-order valence-corrected chi connectivity index (χ3v) is 4.90. The molecule has 134 valence electrons. The van der Waals surface area contributed by atoms with E-state index in [0.717, 1.165) is 23.9 Å². The van der Waals surface area contributed by atoms with Crippen LogP contribution in [0.5, 0.6) is 0 Å². The molecule has 1 aliphatic rings. The normalized spacial score (nSPS) is 20.7. The number of nitrogens with zero attached hydrogens (tertiary/aromatic N) is 2. The van der Waals surface area contributed by atoms with Gasteiger partial charge in [0.05, 0.1) is 11.6 Å². The van der Waals surface area contributed by atoms with Crippen LogP contribution in [-0.4, -0.2) is 45.6 Å². The minimum Gasteiger partial charge on any atom is -0.391 e. The fourth-order valence-corrected chi connectivity index (χ4v) is 3.26. The quantitative estimate of drug-likeness (QED) is 0.839. The Hall–Kier alpha value is -2.34. The van der Waals surface area contributed by atoms with Gasteiger partial charge in [0.15, 0.2) is 0 Å². The number of hydrogen-bond donors (Lipinski definition) is 2. The molecule has 0 spiro atoms. The van der Waals surface area contributed by atoms with Crippen molar-refractivity contribution < 1.29 is 14.7 Å². The van der Waals surface area contributed by atoms with Crippen molar-refractivity contribution >= 4 is 28.4 Å². The average molecular weight is 343 g/mol. The zero-order chi connectivity index (χ0) is 18.0. The summed E-state index contributed by atoms with van der Waals surface area (Å²) in [6.07, 6.45) is 3.19. The molecule has 1 aromatic carbocycles. The molecule has 0 saturated carbocycles. The first-order valence-electron chi connectivity index (χ1n) is 8.86. The van der Waals surface area contributed by atoms with Gasteiger partial charge in [0.2, 0.25) is 0 Å². The van der Waals surface area contributed by atoms with Crippen LogP contribution < -0.4 is 5.32 Å². The molecule has 1 saturated heterocycles. The fraction of sp³-hybridized carbons (Fsp3) is 0.474. The van der Waals surface area contributed by atoms with Gasteiger partial charge in [-0.05, 0) is 42.3 Å². The van der Waals surface area contributed by atoms with E-state index in [1.807, 2.05) is 31.3 Å². The average Bonchev–Trinajstić information content (AvgIpc) is 2.99. The van der Waals surface area contributed by atoms with Crippen molar-refractivity contribution in [2.75, 3.05) is 18.4 Å². The summed E-state index contributed by atoms with van der Waals surface area (Å²) in [5.41, 5.74) is 1.64. The molecular weight excluding hydrogens is 318 g/mol. The van der Waals surface area contributed by atoms with Gasteiger partial charge < -0.3 is 19.9 Å². The van der Waals surface area contributed by atoms with Crippen LogP contribution in [0.3, 0.4) is 0 Å². The van der Waals surface area contributed by atoms with Gasteiger partial charge in [-0.2, -0.15) is 0 Å². The molecule has 2 heterocycles. The highest BCUT2D eigenvalue weighted by atomic mass is 16.3. The van der Waals surface area contributed by atoms with Crippen molar-refractivity contribution in [3.8, 4) is 0 Å². The van der Waals surface area contributed by atoms with E-state index >= 15 is 0 Å². The van der Waals surface area contributed by atoms with Crippen LogP contribution in [0.4, 0.5) is 5.69 Å². The highest BCUT2D eigenvalue weighted by molar-refractivity contribution is 6.39. The maximum absolute atomic E-state index is 12.3. The van der Waals surface area contributed by atoms with Gasteiger partial charge in [-0.3, -0.25) is 9.59 Å². The molecule has 0 bridgehead atoms. The van der Waals surface area contributed by atoms with Gasteiger partial charge in [0.1, 0.15) is 0 Å². The molecule has 2 N–H and O–H groups in total. The number of piperidine rings is 1. The first-order valence-corrected chi connectivity index (χ1v) is 8.86. The highest BCUT2D eigenvalue weighted by Gasteiger charge is 2.30. The standard InChI is InChI=1S/C19H25N3O3/c1-3-8-21-10-7-14-4-5-15(11-16(14)21)20-18(24)19(25)22-9-6-13(2)17(23)12-22/h4-5,7,10-11,13,17,23H,3,6,8-9,12H2,1-2H3,(H,20,24). The number of benzene rings is 1. The third-order valence-electron chi connectivity index (χ3n) is 4.90. The molecule has 1 fully saturated rings. The SMILES string of the molecule is CCCn1ccc2ccc(NC(=O)C(=O)N3CCC(C)C(O)C3)cc21. The number of hydrogen-bond acceptors (Lipinski definition) is 3. The number of amides is 2. The molecule has 2 unspecified atom stereocenters. The third kappa shape index (κ3) is 3.69. The van der Waals surface area contributed by atoms with Crippen LogP contribution in [-0.2, 0) is 16.1 Å². The Morgan fingerprint density at radius 3 is 2.84 bits per heavy atom. The Kier molecular flexibility index (Phi) is 5.08. The maximum atomic E-state index is 12.3. The van der Waals surface area contributed by atoms with Gasteiger partial charge in [-0.15, -0.1) is 0 Å². The van der Waals surface area contributed by atoms with E-state index in [1.165, 1.54) is 4.90 Å². The number of aliphatic hydroxyl groups is 1. The fourth-order valence-electron chi connectivity index (χ4n) is 3.26. The number of carbonyl (C=O) groups excluding carboxylic acids is 2. The van der Waals surface area contributed by atoms with E-state index in [-0.39, 0.29) is 12.5 Å². The molecule has 0 aliphatic carbocycles. The Labute approximate surface area is 147 Å². The largest absolute Gasteiger partial charge is 0.391 e. The molecule has 1 aliphatic heterocycles. The number of nitrogens with one attached hydrogen (secondary N) is 1. The van der Waals surface area contributed by atoms with Crippen LogP contribution in [0.25, 0.3) is 10.9 Å². The number of likely N-dealkylation sites (tertiary alicyclic amines) is 1. The molecule has 3 rings (SSSR count). The van der Waals surface area contributed by atoms with Gasteiger partial charge in [0.25, 0.3) is 0 Å². The van der Waals surface area contributed by atoms with E-state index in [0.29, 0.717) is 18.7 Å². The van der Waals surface area contributed by atoms with E-state index in [9.17, 15) is 14.7 Å². The lowest BCUT2D eigenvalue weighted by atomic mass is 9.96. The zero-order valence-electron chi connectivity index (χ0n) is 14.7. The number of anilines is 1. The Balaban J connectivity index is 1.71. The lowest BCUT2D eigenvalue weighted by Crippen LogP contribution is -2.49. The van der Waals surface area contributed by atoms with Crippen LogP contribution >= 0.6 is 0 Å². The lowest BCUT2D eigenvalue weighted by molar-refractivity contribution is -0.146. The minimum absolute atomic E-state index is 0.154. The summed E-state index contributed by atoms with van der Waals surface area (Å²) >= 11 is 0. The van der Waals surface area contributed by atoms with Crippen molar-refractivity contribution in [3.63, 3.8) is 0 Å². The van der Waals surface area contributed by atoms with Crippen molar-refractivity contribution in [2.45, 2.75) is 39.3 Å². The molecule has 2 aromatic rings. The monoisotopic (exact) mass is 343 g/mol. The first kappa shape index (κ1) is 17.5. The molecule has 0 radical (unpaired) electrons. The molecule has 2 atom stereocenters. The first-order chi connectivity index (χ1) is 12.0. The van der Waals surface area contributed by atoms with Crippen LogP contribution in [0.15, 0.2) is 30.5 Å². The van der Waals surface area contributed by atoms with Gasteiger partial charge >= 0.3 is 11.8 Å². The van der Waals surface area contributed by atoms with E-state index in [2.05, 4.69) is 16.8 Å². The summed E-state index contributed by atoms with van der Waals surface area (Å²) in [5, 5.41) is 13.7. The second-order valence-corrected chi connectivity index (χ2v) is 6.82. The summed E-state index contributed by atoms with van der Waals surface area (Å²) in [4.78, 5) is 26.1. The predicted molar refractivity (Wildman–Crippen MR) is 97.2 cm³/mol. The second-order valence-electron chi connectivity index (χ2n) is 6.82. The number of aryl methyl sites for hydroxylation is 1. The predicted octanol–water partition coefficient (Wildman–Crippen LogP) is 2.22. The van der Waals surface area contributed by atoms with Crippen LogP contribution in [0.2, 0.25) is 0 Å². The molecule has 6 heteroatoms. The van der Waals surface area contributed by atoms with Gasteiger partial charge in [-0.1, -0.05) is 19.9 Å². The topological polar surface area (TPSA) is 74.6 Å². The molecule has 6 nitrogen and oxygen atoms in total. The lowest BCUT2D eigenvalue weighted by Gasteiger charge is -2.33. The van der Waals surface area contributed by atoms with E-state index < -0.39 is 17.9 Å². The minimum atomic E-state index is -0.658. The number of aliphatic hydroxyl groups excluding tert-OH is 1. The highest BCUT2D eigenvalue weighted by Crippen LogP contribution is 2.22. The summed E-state index contributed by atoms with van der Waals surface area (Å²) in [6.45, 7) is 5.69. The number of carbonyl (C=O) groups is 2. The van der Waals surface area contributed by atoms with Crippen LogP contribution in [0, 0.1) is 5.92 Å². The van der Waals surface area contributed by atoms with Gasteiger partial charge in [0, 0.05) is 31.5 Å². The number of rotatable bonds is 3. The van der Waals surface area contributed by atoms with E-state index in [4.69, 9.17) is 0 Å². The Morgan fingerprint density at radius 2 is 2.12 bits per heavy atom. The van der Waals surface area contributed by atoms with Crippen molar-refractivity contribution in [2.24, 2.45) is 5.92 Å². The number of fused-ring (bicyclic) bond motifs is 1. The Bertz CT molecular complexity index is 783. The zero-order valence-corrected chi connectivity index (χ0v) is 14.7.